The van der Waals surface area contributed by atoms with Gasteiger partial charge in [0.05, 0.1) is 17.2 Å². The van der Waals surface area contributed by atoms with Gasteiger partial charge in [-0.1, -0.05) is 71.6 Å². The van der Waals surface area contributed by atoms with Gasteiger partial charge in [0.25, 0.3) is 0 Å². The summed E-state index contributed by atoms with van der Waals surface area (Å²) in [6.45, 7) is 0. The van der Waals surface area contributed by atoms with Crippen LogP contribution in [0.3, 0.4) is 0 Å². The number of hydrogen-bond acceptors (Lipinski definition) is 3. The van der Waals surface area contributed by atoms with Crippen LogP contribution in [-0.2, 0) is 0 Å². The maximum absolute atomic E-state index is 5.08. The van der Waals surface area contributed by atoms with Crippen LogP contribution in [0, 0.1) is 43.2 Å². The summed E-state index contributed by atoms with van der Waals surface area (Å²) in [4.78, 5) is 19.1. The summed E-state index contributed by atoms with van der Waals surface area (Å²) in [5.74, 6) is 0.619. The molecule has 5 heteroatoms. The first kappa shape index (κ1) is 29.8. The molecular formula is C39H27N3SU. The smallest absolute Gasteiger partial charge is 0.277 e. The molecule has 7 rings (SSSR count). The van der Waals surface area contributed by atoms with Gasteiger partial charge in [-0.15, -0.1) is 34.7 Å². The van der Waals surface area contributed by atoms with Gasteiger partial charge in [0, 0.05) is 18.0 Å². The molecule has 0 saturated carbocycles. The van der Waals surface area contributed by atoms with Crippen molar-refractivity contribution in [2.24, 2.45) is 0 Å². The maximum Gasteiger partial charge on any atom is 2.00 e. The SMILES string of the molecule is [U+2].[c-]1ccccc1S(c1[c-]c(-c2nc(-c3ccccc3)cc(-c3cccnc3)n2)ccc1)(c1ccccc1)c1ccccc1. The Kier molecular flexibility index (Phi) is 9.19. The van der Waals surface area contributed by atoms with Gasteiger partial charge in [-0.3, -0.25) is 15.0 Å². The zero-order chi connectivity index (χ0) is 28.9. The maximum atomic E-state index is 5.08. The second-order valence-electron chi connectivity index (χ2n) is 9.96. The molecule has 0 spiro atoms. The quantitative estimate of drug-likeness (QED) is 0.151. The average molecular weight is 808 g/mol. The molecule has 208 valence electrons. The Morgan fingerprint density at radius 1 is 0.523 bits per heavy atom. The second kappa shape index (κ2) is 13.6. The largest absolute Gasteiger partial charge is 2.00 e. The van der Waals surface area contributed by atoms with E-state index in [2.05, 4.69) is 120 Å². The van der Waals surface area contributed by atoms with Gasteiger partial charge in [-0.05, 0) is 57.8 Å². The normalized spacial score (nSPS) is 11.4. The number of rotatable bonds is 7. The third kappa shape index (κ3) is 5.79. The van der Waals surface area contributed by atoms with Crippen LogP contribution < -0.4 is 0 Å². The summed E-state index contributed by atoms with van der Waals surface area (Å²) in [7, 11) is -1.94. The van der Waals surface area contributed by atoms with E-state index in [-0.39, 0.29) is 31.1 Å². The van der Waals surface area contributed by atoms with Gasteiger partial charge < -0.3 is 0 Å². The summed E-state index contributed by atoms with van der Waals surface area (Å²) >= 11 is 0. The molecule has 0 bridgehead atoms. The van der Waals surface area contributed by atoms with Gasteiger partial charge >= 0.3 is 31.1 Å². The third-order valence-corrected chi connectivity index (χ3v) is 11.1. The van der Waals surface area contributed by atoms with Crippen LogP contribution >= 0.6 is 10.0 Å². The molecule has 0 aliphatic rings. The van der Waals surface area contributed by atoms with E-state index >= 15 is 0 Å². The summed E-state index contributed by atoms with van der Waals surface area (Å²) in [6, 6.07) is 59.7. The van der Waals surface area contributed by atoms with E-state index in [1.165, 1.54) is 9.79 Å². The molecule has 5 aromatic carbocycles. The van der Waals surface area contributed by atoms with Crippen molar-refractivity contribution in [3.63, 3.8) is 0 Å². The van der Waals surface area contributed by atoms with Gasteiger partial charge in [-0.25, -0.2) is 0 Å². The van der Waals surface area contributed by atoms with Crippen LogP contribution in [0.15, 0.2) is 184 Å². The standard InChI is InChI=1S/C39H27N3S.U/c1-5-15-30(16-6-1)37-28-38(32-18-14-26-40-29-32)42-39(41-37)31-17-13-25-36(27-31)43(33-19-7-2-8-20-33,34-21-9-3-10-22-34)35-23-11-4-12-24-35;/h1-23,25-26,28-29H;/q-2;+2. The summed E-state index contributed by atoms with van der Waals surface area (Å²) in [6.07, 6.45) is 3.61. The first-order valence-electron chi connectivity index (χ1n) is 14.1. The van der Waals surface area contributed by atoms with Crippen molar-refractivity contribution in [1.29, 1.82) is 0 Å². The predicted molar refractivity (Wildman–Crippen MR) is 174 cm³/mol. The molecule has 0 unspecified atom stereocenters. The fraction of sp³-hybridized carbons (Fsp3) is 0. The number of aromatic nitrogens is 3. The molecule has 7 aromatic rings. The van der Waals surface area contributed by atoms with Crippen LogP contribution in [0.1, 0.15) is 0 Å². The number of hydrogen-bond donors (Lipinski definition) is 0. The molecule has 0 N–H and O–H groups in total. The molecule has 0 aliphatic carbocycles. The Hall–Kier alpha value is -4.27. The molecule has 3 nitrogen and oxygen atoms in total. The molecule has 0 saturated heterocycles. The minimum absolute atomic E-state index is 0. The van der Waals surface area contributed by atoms with Crippen molar-refractivity contribution < 1.29 is 31.1 Å². The van der Waals surface area contributed by atoms with Crippen molar-refractivity contribution in [3.05, 3.63) is 176 Å². The first-order valence-corrected chi connectivity index (χ1v) is 15.7. The van der Waals surface area contributed by atoms with Crippen LogP contribution in [0.5, 0.6) is 0 Å². The minimum atomic E-state index is -1.94. The Morgan fingerprint density at radius 3 is 1.73 bits per heavy atom. The van der Waals surface area contributed by atoms with E-state index in [0.29, 0.717) is 5.82 Å². The second-order valence-corrected chi connectivity index (χ2v) is 13.0. The van der Waals surface area contributed by atoms with Crippen LogP contribution in [0.4, 0.5) is 0 Å². The monoisotopic (exact) mass is 807 g/mol. The van der Waals surface area contributed by atoms with Gasteiger partial charge in [-0.2, -0.15) is 40.4 Å². The van der Waals surface area contributed by atoms with Crippen molar-refractivity contribution in [1.82, 2.24) is 15.0 Å². The first-order chi connectivity index (χ1) is 21.3. The van der Waals surface area contributed by atoms with Crippen molar-refractivity contribution >= 4 is 10.0 Å². The van der Waals surface area contributed by atoms with E-state index < -0.39 is 10.0 Å². The van der Waals surface area contributed by atoms with E-state index in [0.717, 1.165) is 37.9 Å². The van der Waals surface area contributed by atoms with Crippen LogP contribution in [0.2, 0.25) is 0 Å². The van der Waals surface area contributed by atoms with Crippen molar-refractivity contribution in [2.45, 2.75) is 19.6 Å². The minimum Gasteiger partial charge on any atom is -0.277 e. The van der Waals surface area contributed by atoms with Gasteiger partial charge in [0.1, 0.15) is 0 Å². The Balaban J connectivity index is 0.00000343. The van der Waals surface area contributed by atoms with Gasteiger partial charge in [0.15, 0.2) is 0 Å². The Labute approximate surface area is 283 Å². The number of benzene rings is 5. The zero-order valence-electron chi connectivity index (χ0n) is 23.8. The molecule has 0 fully saturated rings. The molecule has 0 amide bonds. The van der Waals surface area contributed by atoms with Crippen molar-refractivity contribution in [3.8, 4) is 33.9 Å². The molecule has 0 aliphatic heterocycles. The number of nitrogens with zero attached hydrogens (tertiary/aromatic N) is 3. The topological polar surface area (TPSA) is 38.7 Å². The van der Waals surface area contributed by atoms with Crippen LogP contribution in [-0.4, -0.2) is 15.0 Å². The Bertz CT molecular complexity index is 1800. The van der Waals surface area contributed by atoms with Crippen molar-refractivity contribution in [2.75, 3.05) is 0 Å². The molecule has 0 radical (unpaired) electrons. The van der Waals surface area contributed by atoms with Crippen LogP contribution in [0.25, 0.3) is 33.9 Å². The fourth-order valence-electron chi connectivity index (χ4n) is 5.32. The summed E-state index contributed by atoms with van der Waals surface area (Å²) in [5.41, 5.74) is 4.47. The number of pyridine rings is 1. The van der Waals surface area contributed by atoms with Gasteiger partial charge in [0.2, 0.25) is 0 Å². The van der Waals surface area contributed by atoms with E-state index in [4.69, 9.17) is 9.97 Å². The fourth-order valence-corrected chi connectivity index (χ4v) is 9.05. The molecular weight excluding hydrogens is 781 g/mol. The Morgan fingerprint density at radius 2 is 1.11 bits per heavy atom. The van der Waals surface area contributed by atoms with E-state index in [1.807, 2.05) is 54.7 Å². The average Bonchev–Trinajstić information content (AvgIpc) is 3.11. The molecule has 44 heavy (non-hydrogen) atoms. The zero-order valence-corrected chi connectivity index (χ0v) is 28.8. The molecule has 2 aromatic heterocycles. The predicted octanol–water partition coefficient (Wildman–Crippen LogP) is 9.81. The molecule has 2 heterocycles. The van der Waals surface area contributed by atoms with E-state index in [1.54, 1.807) is 6.20 Å². The van der Waals surface area contributed by atoms with E-state index in [9.17, 15) is 0 Å². The summed E-state index contributed by atoms with van der Waals surface area (Å²) < 4.78 is 0. The molecule has 0 atom stereocenters. The third-order valence-electron chi connectivity index (χ3n) is 7.30. The summed E-state index contributed by atoms with van der Waals surface area (Å²) in [5, 5.41) is 0.